The van der Waals surface area contributed by atoms with Crippen LogP contribution in [0.3, 0.4) is 0 Å². The van der Waals surface area contributed by atoms with Crippen LogP contribution in [0.25, 0.3) is 0 Å². The van der Waals surface area contributed by atoms with Gasteiger partial charge in [-0.1, -0.05) is 11.6 Å². The molecule has 0 radical (unpaired) electrons. The van der Waals surface area contributed by atoms with E-state index in [-0.39, 0.29) is 13.0 Å². The Balaban J connectivity index is 2.04. The predicted octanol–water partition coefficient (Wildman–Crippen LogP) is 1.44. The van der Waals surface area contributed by atoms with Crippen molar-refractivity contribution in [3.8, 4) is 6.07 Å². The minimum Gasteiger partial charge on any atom is -0.447 e. The van der Waals surface area contributed by atoms with Gasteiger partial charge in [0.15, 0.2) is 6.10 Å². The fraction of sp³-hybridized carbons (Fsp3) is 0.333. The van der Waals surface area contributed by atoms with Gasteiger partial charge in [0.1, 0.15) is 6.07 Å². The molecule has 1 unspecified atom stereocenters. The van der Waals surface area contributed by atoms with Crippen LogP contribution in [-0.4, -0.2) is 35.3 Å². The SMILES string of the molecule is Cc1ccc2c(c1)C(=O)N(CCC(=O)OC(C)C#N)C2=O. The van der Waals surface area contributed by atoms with E-state index in [2.05, 4.69) is 0 Å². The second-order valence-electron chi connectivity index (χ2n) is 4.82. The van der Waals surface area contributed by atoms with Crippen LogP contribution in [0.4, 0.5) is 0 Å². The maximum atomic E-state index is 12.2. The van der Waals surface area contributed by atoms with Gasteiger partial charge >= 0.3 is 5.97 Å². The molecule has 1 heterocycles. The number of esters is 1. The molecule has 1 atom stereocenters. The van der Waals surface area contributed by atoms with Crippen LogP contribution < -0.4 is 0 Å². The second-order valence-corrected chi connectivity index (χ2v) is 4.82. The van der Waals surface area contributed by atoms with Gasteiger partial charge in [-0.2, -0.15) is 5.26 Å². The molecule has 0 spiro atoms. The lowest BCUT2D eigenvalue weighted by atomic mass is 10.1. The highest BCUT2D eigenvalue weighted by Gasteiger charge is 2.35. The van der Waals surface area contributed by atoms with Crippen molar-refractivity contribution in [3.05, 3.63) is 34.9 Å². The van der Waals surface area contributed by atoms with Gasteiger partial charge in [-0.15, -0.1) is 0 Å². The van der Waals surface area contributed by atoms with E-state index in [0.29, 0.717) is 11.1 Å². The van der Waals surface area contributed by atoms with Crippen LogP contribution in [0, 0.1) is 18.3 Å². The van der Waals surface area contributed by atoms with Crippen LogP contribution >= 0.6 is 0 Å². The Morgan fingerprint density at radius 3 is 2.67 bits per heavy atom. The van der Waals surface area contributed by atoms with Gasteiger partial charge in [0.05, 0.1) is 17.5 Å². The molecular weight excluding hydrogens is 272 g/mol. The summed E-state index contributed by atoms with van der Waals surface area (Å²) >= 11 is 0. The molecule has 0 saturated carbocycles. The fourth-order valence-electron chi connectivity index (χ4n) is 2.09. The molecule has 0 aromatic heterocycles. The summed E-state index contributed by atoms with van der Waals surface area (Å²) in [5.74, 6) is -1.42. The average molecular weight is 286 g/mol. The van der Waals surface area contributed by atoms with E-state index in [1.54, 1.807) is 24.3 Å². The van der Waals surface area contributed by atoms with Gasteiger partial charge in [0, 0.05) is 6.54 Å². The largest absolute Gasteiger partial charge is 0.447 e. The van der Waals surface area contributed by atoms with Crippen molar-refractivity contribution in [1.29, 1.82) is 5.26 Å². The zero-order valence-electron chi connectivity index (χ0n) is 11.8. The fourth-order valence-corrected chi connectivity index (χ4v) is 2.09. The summed E-state index contributed by atoms with van der Waals surface area (Å²) in [5.41, 5.74) is 1.60. The van der Waals surface area contributed by atoms with E-state index < -0.39 is 23.9 Å². The summed E-state index contributed by atoms with van der Waals surface area (Å²) in [4.78, 5) is 36.8. The molecule has 0 saturated heterocycles. The maximum absolute atomic E-state index is 12.2. The van der Waals surface area contributed by atoms with Gasteiger partial charge in [-0.25, -0.2) is 0 Å². The molecular formula is C15H14N2O4. The Morgan fingerprint density at radius 1 is 1.33 bits per heavy atom. The molecule has 6 nitrogen and oxygen atoms in total. The van der Waals surface area contributed by atoms with Crippen molar-refractivity contribution < 1.29 is 19.1 Å². The van der Waals surface area contributed by atoms with E-state index in [1.165, 1.54) is 6.92 Å². The molecule has 108 valence electrons. The first-order valence-electron chi connectivity index (χ1n) is 6.50. The van der Waals surface area contributed by atoms with Gasteiger partial charge in [-0.05, 0) is 26.0 Å². The summed E-state index contributed by atoms with van der Waals surface area (Å²) in [6.45, 7) is 3.23. The standard InChI is InChI=1S/C15H14N2O4/c1-9-3-4-11-12(7-9)15(20)17(14(11)19)6-5-13(18)21-10(2)8-16/h3-4,7,10H,5-6H2,1-2H3. The smallest absolute Gasteiger partial charge is 0.308 e. The zero-order chi connectivity index (χ0) is 15.6. The van der Waals surface area contributed by atoms with Crippen LogP contribution in [0.2, 0.25) is 0 Å². The number of carbonyl (C=O) groups is 3. The Bertz CT molecular complexity index is 660. The average Bonchev–Trinajstić information content (AvgIpc) is 2.68. The third-order valence-electron chi connectivity index (χ3n) is 3.16. The third kappa shape index (κ3) is 2.92. The summed E-state index contributed by atoms with van der Waals surface area (Å²) < 4.78 is 4.78. The van der Waals surface area contributed by atoms with Gasteiger partial charge in [0.25, 0.3) is 11.8 Å². The number of benzene rings is 1. The monoisotopic (exact) mass is 286 g/mol. The Hall–Kier alpha value is -2.68. The Labute approximate surface area is 121 Å². The predicted molar refractivity (Wildman–Crippen MR) is 72.3 cm³/mol. The molecule has 0 aliphatic carbocycles. The lowest BCUT2D eigenvalue weighted by Crippen LogP contribution is -2.32. The number of hydrogen-bond acceptors (Lipinski definition) is 5. The highest BCUT2D eigenvalue weighted by molar-refractivity contribution is 6.21. The van der Waals surface area contributed by atoms with Crippen LogP contribution in [0.5, 0.6) is 0 Å². The van der Waals surface area contributed by atoms with Crippen LogP contribution in [0.15, 0.2) is 18.2 Å². The number of hydrogen-bond donors (Lipinski definition) is 0. The lowest BCUT2D eigenvalue weighted by Gasteiger charge is -2.13. The Morgan fingerprint density at radius 2 is 2.00 bits per heavy atom. The van der Waals surface area contributed by atoms with E-state index in [1.807, 2.05) is 6.92 Å². The second kappa shape index (κ2) is 5.75. The lowest BCUT2D eigenvalue weighted by molar-refractivity contribution is -0.145. The minimum absolute atomic E-state index is 0.0532. The molecule has 0 fully saturated rings. The molecule has 0 N–H and O–H groups in total. The normalized spacial score (nSPS) is 14.6. The molecule has 21 heavy (non-hydrogen) atoms. The quantitative estimate of drug-likeness (QED) is 0.617. The summed E-state index contributed by atoms with van der Waals surface area (Å²) in [5, 5.41) is 8.55. The molecule has 2 amide bonds. The Kier molecular flexibility index (Phi) is 4.03. The number of amides is 2. The maximum Gasteiger partial charge on any atom is 0.308 e. The molecule has 2 rings (SSSR count). The number of nitrogens with zero attached hydrogens (tertiary/aromatic N) is 2. The van der Waals surface area contributed by atoms with Crippen molar-refractivity contribution in [2.24, 2.45) is 0 Å². The number of nitriles is 1. The number of aryl methyl sites for hydroxylation is 1. The number of carbonyl (C=O) groups excluding carboxylic acids is 3. The number of ether oxygens (including phenoxy) is 1. The highest BCUT2D eigenvalue weighted by atomic mass is 16.5. The van der Waals surface area contributed by atoms with Crippen LogP contribution in [0.1, 0.15) is 39.6 Å². The molecule has 1 aromatic carbocycles. The van der Waals surface area contributed by atoms with Crippen molar-refractivity contribution in [2.75, 3.05) is 6.54 Å². The molecule has 1 aliphatic rings. The molecule has 1 aliphatic heterocycles. The van der Waals surface area contributed by atoms with Gasteiger partial charge in [0.2, 0.25) is 0 Å². The number of fused-ring (bicyclic) bond motifs is 1. The summed E-state index contributed by atoms with van der Waals surface area (Å²) in [6.07, 6.45) is -0.974. The van der Waals surface area contributed by atoms with E-state index >= 15 is 0 Å². The first-order valence-corrected chi connectivity index (χ1v) is 6.50. The molecule has 6 heteroatoms. The van der Waals surface area contributed by atoms with Gasteiger partial charge < -0.3 is 4.74 Å². The summed E-state index contributed by atoms with van der Waals surface area (Å²) in [6, 6.07) is 6.80. The van der Waals surface area contributed by atoms with Crippen LogP contribution in [-0.2, 0) is 9.53 Å². The third-order valence-corrected chi connectivity index (χ3v) is 3.16. The van der Waals surface area contributed by atoms with E-state index in [0.717, 1.165) is 10.5 Å². The van der Waals surface area contributed by atoms with Gasteiger partial charge in [-0.3, -0.25) is 19.3 Å². The first kappa shape index (κ1) is 14.7. The van der Waals surface area contributed by atoms with Crippen molar-refractivity contribution >= 4 is 17.8 Å². The number of rotatable bonds is 4. The van der Waals surface area contributed by atoms with Crippen molar-refractivity contribution in [1.82, 2.24) is 4.90 Å². The summed E-state index contributed by atoms with van der Waals surface area (Å²) in [7, 11) is 0. The first-order chi connectivity index (χ1) is 9.93. The van der Waals surface area contributed by atoms with Crippen molar-refractivity contribution in [2.45, 2.75) is 26.4 Å². The zero-order valence-corrected chi connectivity index (χ0v) is 11.8. The highest BCUT2D eigenvalue weighted by Crippen LogP contribution is 2.23. The molecule has 1 aromatic rings. The van der Waals surface area contributed by atoms with E-state index in [4.69, 9.17) is 10.00 Å². The number of imide groups is 1. The molecule has 0 bridgehead atoms. The van der Waals surface area contributed by atoms with E-state index in [9.17, 15) is 14.4 Å². The topological polar surface area (TPSA) is 87.5 Å². The minimum atomic E-state index is -0.845. The van der Waals surface area contributed by atoms with Crippen molar-refractivity contribution in [3.63, 3.8) is 0 Å².